The highest BCUT2D eigenvalue weighted by Gasteiger charge is 2.26. The summed E-state index contributed by atoms with van der Waals surface area (Å²) in [6.45, 7) is 9.14. The maximum Gasteiger partial charge on any atom is 0.408 e. The first-order valence-electron chi connectivity index (χ1n) is 10.2. The minimum Gasteiger partial charge on any atom is -0.444 e. The van der Waals surface area contributed by atoms with Crippen molar-refractivity contribution in [2.45, 2.75) is 52.7 Å². The number of ketones is 1. The number of nitrogens with one attached hydrogen (secondary N) is 2. The molecule has 0 saturated heterocycles. The van der Waals surface area contributed by atoms with Crippen LogP contribution >= 0.6 is 11.6 Å². The summed E-state index contributed by atoms with van der Waals surface area (Å²) >= 11 is 6.11. The number of carbonyl (C=O) groups is 3. The van der Waals surface area contributed by atoms with Crippen LogP contribution < -0.4 is 10.6 Å². The largest absolute Gasteiger partial charge is 0.444 e. The molecule has 7 heteroatoms. The van der Waals surface area contributed by atoms with Crippen molar-refractivity contribution in [3.05, 3.63) is 64.7 Å². The number of ether oxygens (including phenoxy) is 1. The van der Waals surface area contributed by atoms with Gasteiger partial charge in [-0.15, -0.1) is 0 Å². The van der Waals surface area contributed by atoms with E-state index in [1.807, 2.05) is 19.9 Å². The van der Waals surface area contributed by atoms with Crippen molar-refractivity contribution < 1.29 is 19.1 Å². The van der Waals surface area contributed by atoms with Crippen molar-refractivity contribution in [2.24, 2.45) is 5.92 Å². The molecule has 6 nitrogen and oxygen atoms in total. The zero-order chi connectivity index (χ0) is 23.2. The number of anilines is 1. The summed E-state index contributed by atoms with van der Waals surface area (Å²) in [4.78, 5) is 38.2. The Hall–Kier alpha value is -2.86. The number of amides is 2. The van der Waals surface area contributed by atoms with Gasteiger partial charge in [0.25, 0.3) is 0 Å². The Balaban J connectivity index is 2.27. The van der Waals surface area contributed by atoms with Gasteiger partial charge in [-0.25, -0.2) is 4.79 Å². The average Bonchev–Trinajstić information content (AvgIpc) is 2.67. The molecule has 0 aromatic heterocycles. The highest BCUT2D eigenvalue weighted by molar-refractivity contribution is 6.31. The Labute approximate surface area is 188 Å². The minimum atomic E-state index is -0.829. The molecule has 2 amide bonds. The molecule has 0 radical (unpaired) electrons. The molecule has 2 aromatic rings. The number of hydrogen-bond acceptors (Lipinski definition) is 4. The standard InChI is InChI=1S/C24H29ClN2O4/c1-15(2)13-20(27-23(30)31-24(3,4)5)22(29)26-19-12-11-17(25)14-18(19)21(28)16-9-7-6-8-10-16/h6-12,14-15,20H,13H2,1-5H3,(H,26,29)(H,27,30)/t20-/m0/s1. The first-order valence-corrected chi connectivity index (χ1v) is 10.5. The van der Waals surface area contributed by atoms with E-state index in [9.17, 15) is 14.4 Å². The van der Waals surface area contributed by atoms with Crippen LogP contribution in [0, 0.1) is 5.92 Å². The van der Waals surface area contributed by atoms with Crippen molar-refractivity contribution in [3.63, 3.8) is 0 Å². The van der Waals surface area contributed by atoms with Crippen LogP contribution in [0.15, 0.2) is 48.5 Å². The van der Waals surface area contributed by atoms with Crippen LogP contribution in [0.25, 0.3) is 0 Å². The van der Waals surface area contributed by atoms with Gasteiger partial charge in [0.2, 0.25) is 5.91 Å². The average molecular weight is 445 g/mol. The highest BCUT2D eigenvalue weighted by Crippen LogP contribution is 2.24. The van der Waals surface area contributed by atoms with E-state index in [1.165, 1.54) is 6.07 Å². The second-order valence-electron chi connectivity index (χ2n) is 8.70. The normalized spacial score (nSPS) is 12.2. The molecule has 0 aliphatic rings. The molecule has 0 saturated carbocycles. The van der Waals surface area contributed by atoms with E-state index in [0.717, 1.165) is 0 Å². The molecule has 0 bridgehead atoms. The molecule has 1 atom stereocenters. The number of benzene rings is 2. The van der Waals surface area contributed by atoms with Gasteiger partial charge in [0.05, 0.1) is 5.69 Å². The monoisotopic (exact) mass is 444 g/mol. The molecule has 0 aliphatic heterocycles. The predicted octanol–water partition coefficient (Wildman–Crippen LogP) is 5.45. The van der Waals surface area contributed by atoms with Crippen LogP contribution in [0.4, 0.5) is 10.5 Å². The molecule has 2 N–H and O–H groups in total. The van der Waals surface area contributed by atoms with Gasteiger partial charge in [0, 0.05) is 16.1 Å². The molecular weight excluding hydrogens is 416 g/mol. The lowest BCUT2D eigenvalue weighted by Crippen LogP contribution is -2.46. The molecule has 0 aliphatic carbocycles. The first-order chi connectivity index (χ1) is 14.5. The van der Waals surface area contributed by atoms with Crippen LogP contribution in [-0.4, -0.2) is 29.4 Å². The molecule has 0 spiro atoms. The zero-order valence-corrected chi connectivity index (χ0v) is 19.2. The van der Waals surface area contributed by atoms with Crippen LogP contribution in [0.5, 0.6) is 0 Å². The number of halogens is 1. The molecule has 2 aromatic carbocycles. The summed E-state index contributed by atoms with van der Waals surface area (Å²) in [7, 11) is 0. The smallest absolute Gasteiger partial charge is 0.408 e. The quantitative estimate of drug-likeness (QED) is 0.556. The third-order valence-electron chi connectivity index (χ3n) is 4.23. The maximum absolute atomic E-state index is 13.0. The molecular formula is C24H29ClN2O4. The van der Waals surface area contributed by atoms with Gasteiger partial charge in [-0.1, -0.05) is 55.8 Å². The minimum absolute atomic E-state index is 0.140. The van der Waals surface area contributed by atoms with Crippen LogP contribution in [0.2, 0.25) is 5.02 Å². The molecule has 0 fully saturated rings. The molecule has 31 heavy (non-hydrogen) atoms. The molecule has 0 heterocycles. The van der Waals surface area contributed by atoms with Gasteiger partial charge in [0.15, 0.2) is 5.78 Å². The second-order valence-corrected chi connectivity index (χ2v) is 9.14. The van der Waals surface area contributed by atoms with Crippen molar-refractivity contribution >= 4 is 35.1 Å². The Kier molecular flexibility index (Phi) is 8.22. The zero-order valence-electron chi connectivity index (χ0n) is 18.5. The third kappa shape index (κ3) is 7.72. The van der Waals surface area contributed by atoms with Gasteiger partial charge in [-0.3, -0.25) is 9.59 Å². The van der Waals surface area contributed by atoms with Crippen LogP contribution in [0.1, 0.15) is 57.0 Å². The van der Waals surface area contributed by atoms with Crippen molar-refractivity contribution in [2.75, 3.05) is 5.32 Å². The maximum atomic E-state index is 13.0. The Morgan fingerprint density at radius 1 is 1.03 bits per heavy atom. The molecule has 0 unspecified atom stereocenters. The number of rotatable bonds is 7. The lowest BCUT2D eigenvalue weighted by atomic mass is 10.0. The number of carbonyl (C=O) groups excluding carboxylic acids is 3. The van der Waals surface area contributed by atoms with Gasteiger partial charge in [-0.2, -0.15) is 0 Å². The SMILES string of the molecule is CC(C)C[C@H](NC(=O)OC(C)(C)C)C(=O)Nc1ccc(Cl)cc1C(=O)c1ccccc1. The van der Waals surface area contributed by atoms with E-state index in [2.05, 4.69) is 10.6 Å². The summed E-state index contributed by atoms with van der Waals surface area (Å²) in [5, 5.41) is 5.78. The summed E-state index contributed by atoms with van der Waals surface area (Å²) in [6, 6.07) is 12.6. The van der Waals surface area contributed by atoms with Crippen molar-refractivity contribution in [1.29, 1.82) is 0 Å². The third-order valence-corrected chi connectivity index (χ3v) is 4.47. The van der Waals surface area contributed by atoms with Crippen LogP contribution in [-0.2, 0) is 9.53 Å². The first kappa shape index (κ1) is 24.4. The van der Waals surface area contributed by atoms with Gasteiger partial charge >= 0.3 is 6.09 Å². The fraction of sp³-hybridized carbons (Fsp3) is 0.375. The molecule has 166 valence electrons. The Bertz CT molecular complexity index is 936. The van der Waals surface area contributed by atoms with E-state index in [0.29, 0.717) is 22.7 Å². The number of alkyl carbamates (subject to hydrolysis) is 1. The summed E-state index contributed by atoms with van der Waals surface area (Å²) in [5.41, 5.74) is 0.385. The summed E-state index contributed by atoms with van der Waals surface area (Å²) < 4.78 is 5.28. The van der Waals surface area contributed by atoms with E-state index in [-0.39, 0.29) is 17.3 Å². The van der Waals surface area contributed by atoms with Crippen molar-refractivity contribution in [3.8, 4) is 0 Å². The topological polar surface area (TPSA) is 84.5 Å². The Morgan fingerprint density at radius 2 is 1.68 bits per heavy atom. The van der Waals surface area contributed by atoms with E-state index in [4.69, 9.17) is 16.3 Å². The Morgan fingerprint density at radius 3 is 2.26 bits per heavy atom. The second kappa shape index (κ2) is 10.4. The molecule has 2 rings (SSSR count). The van der Waals surface area contributed by atoms with Gasteiger partial charge < -0.3 is 15.4 Å². The highest BCUT2D eigenvalue weighted by atomic mass is 35.5. The number of hydrogen-bond donors (Lipinski definition) is 2. The van der Waals surface area contributed by atoms with E-state index >= 15 is 0 Å². The van der Waals surface area contributed by atoms with Crippen LogP contribution in [0.3, 0.4) is 0 Å². The lowest BCUT2D eigenvalue weighted by Gasteiger charge is -2.24. The summed E-state index contributed by atoms with van der Waals surface area (Å²) in [5.74, 6) is -0.566. The summed E-state index contributed by atoms with van der Waals surface area (Å²) in [6.07, 6.45) is -0.273. The van der Waals surface area contributed by atoms with E-state index < -0.39 is 23.6 Å². The fourth-order valence-electron chi connectivity index (χ4n) is 2.93. The van der Waals surface area contributed by atoms with Gasteiger partial charge in [-0.05, 0) is 51.3 Å². The van der Waals surface area contributed by atoms with Crippen molar-refractivity contribution in [1.82, 2.24) is 5.32 Å². The van der Waals surface area contributed by atoms with Gasteiger partial charge in [0.1, 0.15) is 11.6 Å². The van der Waals surface area contributed by atoms with E-state index in [1.54, 1.807) is 57.2 Å². The predicted molar refractivity (Wildman–Crippen MR) is 123 cm³/mol. The lowest BCUT2D eigenvalue weighted by molar-refractivity contribution is -0.118. The fourth-order valence-corrected chi connectivity index (χ4v) is 3.10.